The van der Waals surface area contributed by atoms with Crippen LogP contribution in [0.1, 0.15) is 18.7 Å². The maximum absolute atomic E-state index is 9.19. The first-order chi connectivity index (χ1) is 8.30. The van der Waals surface area contributed by atoms with Crippen LogP contribution in [0.2, 0.25) is 0 Å². The average Bonchev–Trinajstić information content (AvgIpc) is 2.81. The summed E-state index contributed by atoms with van der Waals surface area (Å²) in [5.74, 6) is 0.828. The van der Waals surface area contributed by atoms with Crippen molar-refractivity contribution in [2.75, 3.05) is 26.8 Å². The molecule has 2 atom stereocenters. The van der Waals surface area contributed by atoms with E-state index in [0.717, 1.165) is 24.4 Å². The molecule has 1 heterocycles. The van der Waals surface area contributed by atoms with Crippen molar-refractivity contribution in [1.29, 1.82) is 0 Å². The lowest BCUT2D eigenvalue weighted by Gasteiger charge is -2.22. The Labute approximate surface area is 102 Å². The smallest absolute Gasteiger partial charge is 0.141 e. The van der Waals surface area contributed by atoms with Gasteiger partial charge in [-0.15, -0.1) is 0 Å². The van der Waals surface area contributed by atoms with Gasteiger partial charge in [-0.1, -0.05) is 25.1 Å². The number of aliphatic hydroxyl groups excluding tert-OH is 1. The van der Waals surface area contributed by atoms with Crippen molar-refractivity contribution in [3.05, 3.63) is 29.8 Å². The van der Waals surface area contributed by atoms with Gasteiger partial charge in [-0.2, -0.15) is 0 Å². The van der Waals surface area contributed by atoms with Crippen molar-refractivity contribution in [3.63, 3.8) is 0 Å². The molecule has 0 saturated carbocycles. The van der Waals surface area contributed by atoms with E-state index in [0.29, 0.717) is 0 Å². The summed E-state index contributed by atoms with van der Waals surface area (Å²) in [6.45, 7) is 3.79. The molecule has 1 aliphatic heterocycles. The van der Waals surface area contributed by atoms with E-state index in [-0.39, 0.29) is 18.9 Å². The average molecular weight is 237 g/mol. The third-order valence-corrected chi connectivity index (χ3v) is 3.11. The van der Waals surface area contributed by atoms with E-state index < -0.39 is 0 Å². The lowest BCUT2D eigenvalue weighted by Crippen LogP contribution is -2.25. The zero-order valence-electron chi connectivity index (χ0n) is 10.3. The molecule has 4 heteroatoms. The van der Waals surface area contributed by atoms with Crippen LogP contribution in [0.5, 0.6) is 5.75 Å². The molecular formula is C13H19NO3. The van der Waals surface area contributed by atoms with Crippen LogP contribution in [0.15, 0.2) is 24.3 Å². The van der Waals surface area contributed by atoms with Gasteiger partial charge in [0.15, 0.2) is 0 Å². The molecular weight excluding hydrogens is 218 g/mol. The summed E-state index contributed by atoms with van der Waals surface area (Å²) in [7, 11) is 1.66. The first-order valence-corrected chi connectivity index (χ1v) is 5.93. The molecule has 0 bridgehead atoms. The fourth-order valence-corrected chi connectivity index (χ4v) is 2.20. The number of methoxy groups -OCH3 is 1. The third-order valence-electron chi connectivity index (χ3n) is 3.11. The zero-order valence-corrected chi connectivity index (χ0v) is 10.3. The molecule has 1 aromatic carbocycles. The van der Waals surface area contributed by atoms with Crippen LogP contribution in [-0.4, -0.2) is 42.9 Å². The molecule has 2 unspecified atom stereocenters. The van der Waals surface area contributed by atoms with Crippen LogP contribution in [0.25, 0.3) is 0 Å². The van der Waals surface area contributed by atoms with Gasteiger partial charge in [0, 0.05) is 12.1 Å². The monoisotopic (exact) mass is 237 g/mol. The summed E-state index contributed by atoms with van der Waals surface area (Å²) < 4.78 is 11.2. The quantitative estimate of drug-likeness (QED) is 0.859. The molecule has 4 nitrogen and oxygen atoms in total. The largest absolute Gasteiger partial charge is 0.496 e. The van der Waals surface area contributed by atoms with E-state index in [1.807, 2.05) is 24.3 Å². The highest BCUT2D eigenvalue weighted by Gasteiger charge is 2.33. The highest BCUT2D eigenvalue weighted by molar-refractivity contribution is 5.35. The first kappa shape index (κ1) is 12.4. The molecule has 0 aromatic heterocycles. The van der Waals surface area contributed by atoms with E-state index in [9.17, 15) is 5.11 Å². The molecule has 1 aliphatic rings. The second-order valence-electron chi connectivity index (χ2n) is 4.12. The van der Waals surface area contributed by atoms with E-state index in [1.165, 1.54) is 0 Å². The van der Waals surface area contributed by atoms with Crippen molar-refractivity contribution in [2.24, 2.45) is 0 Å². The van der Waals surface area contributed by atoms with Gasteiger partial charge in [-0.25, -0.2) is 0 Å². The minimum atomic E-state index is -0.117. The lowest BCUT2D eigenvalue weighted by molar-refractivity contribution is -0.0195. The predicted octanol–water partition coefficient (Wildman–Crippen LogP) is 1.41. The second kappa shape index (κ2) is 5.49. The van der Waals surface area contributed by atoms with Crippen molar-refractivity contribution < 1.29 is 14.6 Å². The molecule has 1 N–H and O–H groups in total. The molecule has 0 aliphatic carbocycles. The van der Waals surface area contributed by atoms with E-state index >= 15 is 0 Å². The minimum absolute atomic E-state index is 0.0577. The lowest BCUT2D eigenvalue weighted by atomic mass is 10.1. The van der Waals surface area contributed by atoms with Crippen LogP contribution in [-0.2, 0) is 4.74 Å². The van der Waals surface area contributed by atoms with Gasteiger partial charge in [-0.3, -0.25) is 4.90 Å². The van der Waals surface area contributed by atoms with Crippen LogP contribution in [0.3, 0.4) is 0 Å². The summed E-state index contributed by atoms with van der Waals surface area (Å²) >= 11 is 0. The van der Waals surface area contributed by atoms with Gasteiger partial charge in [-0.05, 0) is 12.6 Å². The zero-order chi connectivity index (χ0) is 12.3. The minimum Gasteiger partial charge on any atom is -0.496 e. The van der Waals surface area contributed by atoms with Gasteiger partial charge in [0.1, 0.15) is 12.0 Å². The third kappa shape index (κ3) is 2.44. The van der Waals surface area contributed by atoms with Crippen molar-refractivity contribution in [1.82, 2.24) is 4.90 Å². The fourth-order valence-electron chi connectivity index (χ4n) is 2.20. The molecule has 0 radical (unpaired) electrons. The molecule has 1 aromatic rings. The molecule has 0 amide bonds. The van der Waals surface area contributed by atoms with E-state index in [1.54, 1.807) is 7.11 Å². The number of hydrogen-bond acceptors (Lipinski definition) is 4. The number of ether oxygens (including phenoxy) is 2. The van der Waals surface area contributed by atoms with Crippen LogP contribution in [0.4, 0.5) is 0 Å². The predicted molar refractivity (Wildman–Crippen MR) is 64.9 cm³/mol. The van der Waals surface area contributed by atoms with E-state index in [2.05, 4.69) is 11.8 Å². The van der Waals surface area contributed by atoms with Gasteiger partial charge < -0.3 is 14.6 Å². The van der Waals surface area contributed by atoms with Gasteiger partial charge >= 0.3 is 0 Å². The highest BCUT2D eigenvalue weighted by Crippen LogP contribution is 2.34. The summed E-state index contributed by atoms with van der Waals surface area (Å²) in [5.41, 5.74) is 1.02. The second-order valence-corrected chi connectivity index (χ2v) is 4.12. The number of benzene rings is 1. The molecule has 2 rings (SSSR count). The molecule has 17 heavy (non-hydrogen) atoms. The summed E-state index contributed by atoms with van der Waals surface area (Å²) in [6.07, 6.45) is -0.224. The number of aliphatic hydroxyl groups is 1. The summed E-state index contributed by atoms with van der Waals surface area (Å²) in [6, 6.07) is 7.85. The number of nitrogens with zero attached hydrogens (tertiary/aromatic N) is 1. The van der Waals surface area contributed by atoms with Crippen molar-refractivity contribution in [2.45, 2.75) is 19.3 Å². The standard InChI is InChI=1S/C13H19NO3/c1-3-14-8-10(9-15)17-13(14)11-6-4-5-7-12(11)16-2/h4-7,10,13,15H,3,8-9H2,1-2H3. The first-order valence-electron chi connectivity index (χ1n) is 5.93. The Morgan fingerprint density at radius 3 is 2.88 bits per heavy atom. The van der Waals surface area contributed by atoms with Crippen LogP contribution >= 0.6 is 0 Å². The SMILES string of the molecule is CCN1CC(CO)OC1c1ccccc1OC. The Morgan fingerprint density at radius 2 is 2.24 bits per heavy atom. The summed E-state index contributed by atoms with van der Waals surface area (Å²) in [5, 5.41) is 9.19. The van der Waals surface area contributed by atoms with Crippen LogP contribution in [0, 0.1) is 0 Å². The normalized spacial score (nSPS) is 25.1. The van der Waals surface area contributed by atoms with E-state index in [4.69, 9.17) is 9.47 Å². The van der Waals surface area contributed by atoms with Crippen molar-refractivity contribution >= 4 is 0 Å². The Bertz CT molecular complexity index is 369. The highest BCUT2D eigenvalue weighted by atomic mass is 16.5. The van der Waals surface area contributed by atoms with Gasteiger partial charge in [0.05, 0.1) is 19.8 Å². The molecule has 1 fully saturated rings. The number of hydrogen-bond donors (Lipinski definition) is 1. The summed E-state index contributed by atoms with van der Waals surface area (Å²) in [4.78, 5) is 2.19. The van der Waals surface area contributed by atoms with Crippen LogP contribution < -0.4 is 4.74 Å². The maximum Gasteiger partial charge on any atom is 0.141 e. The van der Waals surface area contributed by atoms with Crippen molar-refractivity contribution in [3.8, 4) is 5.75 Å². The fraction of sp³-hybridized carbons (Fsp3) is 0.538. The molecule has 1 saturated heterocycles. The number of para-hydroxylation sites is 1. The number of rotatable bonds is 4. The topological polar surface area (TPSA) is 41.9 Å². The Morgan fingerprint density at radius 1 is 1.47 bits per heavy atom. The Kier molecular flexibility index (Phi) is 3.99. The number of likely N-dealkylation sites (N-methyl/N-ethyl adjacent to an activating group) is 1. The Hall–Kier alpha value is -1.10. The molecule has 94 valence electrons. The molecule has 0 spiro atoms. The van der Waals surface area contributed by atoms with Gasteiger partial charge in [0.2, 0.25) is 0 Å². The van der Waals surface area contributed by atoms with Gasteiger partial charge in [0.25, 0.3) is 0 Å². The Balaban J connectivity index is 2.25. The maximum atomic E-state index is 9.19.